The minimum absolute atomic E-state index is 0.0415. The Morgan fingerprint density at radius 3 is 2.64 bits per heavy atom. The second-order valence-electron chi connectivity index (χ2n) is 11.0. The number of imidazole rings is 2. The van der Waals surface area contributed by atoms with Crippen LogP contribution in [0.5, 0.6) is 0 Å². The second kappa shape index (κ2) is 11.8. The Bertz CT molecular complexity index is 1980. The van der Waals surface area contributed by atoms with Crippen LogP contribution in [0, 0.1) is 0 Å². The smallest absolute Gasteiger partial charge is 0.393 e. The highest BCUT2D eigenvalue weighted by Gasteiger charge is 2.67. The fourth-order valence-corrected chi connectivity index (χ4v) is 7.91. The summed E-state index contributed by atoms with van der Waals surface area (Å²) in [6.07, 6.45) is -2.26. The van der Waals surface area contributed by atoms with Crippen LogP contribution in [-0.2, 0) is 44.2 Å². The molecule has 0 aromatic carbocycles. The van der Waals surface area contributed by atoms with Gasteiger partial charge >= 0.3 is 15.0 Å². The van der Waals surface area contributed by atoms with Gasteiger partial charge in [-0.25, -0.2) is 24.3 Å². The first kappa shape index (κ1) is 32.4. The number of nitrogens with one attached hydrogen (secondary N) is 1. The van der Waals surface area contributed by atoms with Gasteiger partial charge in [-0.1, -0.05) is 0 Å². The monoisotopic (exact) mass is 719 g/mol. The van der Waals surface area contributed by atoms with Crippen molar-refractivity contribution in [2.75, 3.05) is 38.0 Å². The number of nitrogens with two attached hydrogens (primary N) is 2. The zero-order chi connectivity index (χ0) is 33.3. The quantitative estimate of drug-likeness (QED) is 0.102. The van der Waals surface area contributed by atoms with Gasteiger partial charge in [0.1, 0.15) is 36.3 Å². The van der Waals surface area contributed by atoms with E-state index in [1.54, 1.807) is 0 Å². The van der Waals surface area contributed by atoms with Gasteiger partial charge in [-0.2, -0.15) is 4.98 Å². The highest BCUT2D eigenvalue weighted by atomic mass is 32.5. The number of rotatable bonds is 11. The minimum atomic E-state index is -4.29. The number of fused-ring (bicyclic) bond motifs is 4. The number of aliphatic hydroxyl groups is 1. The molecule has 8 N–H and O–H groups in total. The number of alkyl halides is 1. The lowest BCUT2D eigenvalue weighted by molar-refractivity contribution is -0.183. The van der Waals surface area contributed by atoms with Crippen molar-refractivity contribution < 1.29 is 51.6 Å². The summed E-state index contributed by atoms with van der Waals surface area (Å²) in [5.74, 6) is -0.122. The molecule has 3 saturated heterocycles. The number of nitrogen functional groups attached to an aromatic ring is 2. The summed E-state index contributed by atoms with van der Waals surface area (Å²) in [4.78, 5) is 56.0. The van der Waals surface area contributed by atoms with Crippen LogP contribution in [-0.4, -0.2) is 110 Å². The van der Waals surface area contributed by atoms with Crippen LogP contribution in [0.1, 0.15) is 18.9 Å². The van der Waals surface area contributed by atoms with Crippen LogP contribution < -0.4 is 17.0 Å². The number of aromatic amines is 1. The summed E-state index contributed by atoms with van der Waals surface area (Å²) >= 11 is 5.31. The Morgan fingerprint density at radius 2 is 1.91 bits per heavy atom. The molecule has 0 radical (unpaired) electrons. The lowest BCUT2D eigenvalue weighted by atomic mass is 10.0. The van der Waals surface area contributed by atoms with Crippen LogP contribution in [0.2, 0.25) is 0 Å². The average Bonchev–Trinajstić information content (AvgIpc) is 3.84. The van der Waals surface area contributed by atoms with E-state index in [1.165, 1.54) is 28.1 Å². The molecule has 0 aliphatic carbocycles. The Hall–Kier alpha value is -3.18. The van der Waals surface area contributed by atoms with E-state index in [-0.39, 0.29) is 47.1 Å². The third-order valence-electron chi connectivity index (χ3n) is 8.10. The highest BCUT2D eigenvalue weighted by molar-refractivity contribution is 8.07. The van der Waals surface area contributed by atoms with E-state index in [2.05, 4.69) is 29.9 Å². The molecule has 3 aliphatic rings. The summed E-state index contributed by atoms with van der Waals surface area (Å²) in [6.45, 7) is -6.97. The number of ether oxygens (including phenoxy) is 3. The molecule has 252 valence electrons. The van der Waals surface area contributed by atoms with Crippen LogP contribution in [0.25, 0.3) is 22.3 Å². The van der Waals surface area contributed by atoms with Crippen molar-refractivity contribution in [1.82, 2.24) is 39.0 Å². The van der Waals surface area contributed by atoms with Gasteiger partial charge in [-0.05, 0) is 11.8 Å². The Labute approximate surface area is 267 Å². The SMILES string of the molecule is Nc1nc2c(ncn2[C@@H]2O[C@@](CO)(CF)C[C@H]2OP(O)(=S)OC[C@@]23CO[C@@H]([C@H](n4cnc5c(N)ncnc54)O2)[C@@H]3O[P+](=O)O)c(=O)[nH]1. The van der Waals surface area contributed by atoms with Crippen molar-refractivity contribution >= 4 is 60.9 Å². The molecule has 7 rings (SSSR count). The molecule has 21 nitrogen and oxygen atoms in total. The normalized spacial score (nSPS) is 32.0. The maximum Gasteiger partial charge on any atom is 0.695 e. The third kappa shape index (κ3) is 5.51. The van der Waals surface area contributed by atoms with Crippen LogP contribution in [0.3, 0.4) is 0 Å². The molecule has 9 atom stereocenters. The molecule has 2 bridgehead atoms. The first-order valence-electron chi connectivity index (χ1n) is 13.7. The first-order chi connectivity index (χ1) is 22.4. The fourth-order valence-electron chi connectivity index (χ4n) is 5.95. The van der Waals surface area contributed by atoms with Crippen molar-refractivity contribution in [3.05, 3.63) is 29.3 Å². The van der Waals surface area contributed by atoms with Crippen molar-refractivity contribution in [3.63, 3.8) is 0 Å². The maximum atomic E-state index is 14.2. The molecule has 4 aromatic heterocycles. The Kier molecular flexibility index (Phi) is 8.10. The number of H-pyrrole nitrogens is 1. The van der Waals surface area contributed by atoms with Crippen LogP contribution in [0.4, 0.5) is 16.2 Å². The fraction of sp³-hybridized carbons (Fsp3) is 0.545. The molecular formula is C22H26FN10O11P2S+. The third-order valence-corrected chi connectivity index (χ3v) is 10.1. The maximum absolute atomic E-state index is 14.2. The number of nitrogens with zero attached hydrogens (tertiary/aromatic N) is 7. The summed E-state index contributed by atoms with van der Waals surface area (Å²) in [6, 6.07) is 0. The molecular weight excluding hydrogens is 693 g/mol. The zero-order valence-electron chi connectivity index (χ0n) is 23.7. The highest BCUT2D eigenvalue weighted by Crippen LogP contribution is 2.55. The standard InChI is InChI=1S/C22H25FN10O11P2S/c23-2-21(3-34)1-9(18(41-21)33-8-29-11-16(33)30-20(25)31-17(11)35)44-46(38,47)40-5-22-4-39-12(13(22)43-45(36)37)19(42-22)32-7-28-10-14(24)26-6-27-15(10)32/h6-9,12-13,18-19,34H,1-5H2,(H6-,24,25,26,27,30,31,35,36,37,38,47)/p+1/t9-,12-,13+,18-,19-,21-,22-,46?/m1/s1. The van der Waals surface area contributed by atoms with Gasteiger partial charge in [0.15, 0.2) is 46.8 Å². The molecule has 47 heavy (non-hydrogen) atoms. The molecule has 4 aromatic rings. The number of hydrogen-bond donors (Lipinski definition) is 6. The number of hydrogen-bond acceptors (Lipinski definition) is 17. The van der Waals surface area contributed by atoms with Crippen molar-refractivity contribution in [2.45, 2.75) is 48.4 Å². The first-order valence-corrected chi connectivity index (χ1v) is 17.4. The molecule has 0 saturated carbocycles. The summed E-state index contributed by atoms with van der Waals surface area (Å²) in [5.41, 5.74) is 8.01. The molecule has 0 amide bonds. The number of aromatic nitrogens is 8. The lowest BCUT2D eigenvalue weighted by Gasteiger charge is -2.32. The van der Waals surface area contributed by atoms with Gasteiger partial charge in [0.25, 0.3) is 5.56 Å². The van der Waals surface area contributed by atoms with Crippen molar-refractivity contribution in [1.29, 1.82) is 0 Å². The molecule has 3 fully saturated rings. The minimum Gasteiger partial charge on any atom is -0.393 e. The van der Waals surface area contributed by atoms with Crippen LogP contribution >= 0.6 is 15.0 Å². The Morgan fingerprint density at radius 1 is 1.17 bits per heavy atom. The summed E-state index contributed by atoms with van der Waals surface area (Å²) in [5, 5.41) is 10.00. The van der Waals surface area contributed by atoms with Gasteiger partial charge in [0, 0.05) is 11.0 Å². The van der Waals surface area contributed by atoms with Gasteiger partial charge in [0.05, 0.1) is 32.5 Å². The molecule has 7 heterocycles. The van der Waals surface area contributed by atoms with E-state index in [1.807, 2.05) is 0 Å². The molecule has 25 heteroatoms. The number of halogens is 1. The van der Waals surface area contributed by atoms with E-state index in [0.717, 1.165) is 0 Å². The van der Waals surface area contributed by atoms with Gasteiger partial charge in [-0.15, -0.1) is 9.42 Å². The molecule has 2 unspecified atom stereocenters. The van der Waals surface area contributed by atoms with E-state index in [0.29, 0.717) is 0 Å². The van der Waals surface area contributed by atoms with Crippen molar-refractivity contribution in [2.24, 2.45) is 0 Å². The lowest BCUT2D eigenvalue weighted by Crippen LogP contribution is -2.45. The van der Waals surface area contributed by atoms with Crippen LogP contribution in [0.15, 0.2) is 23.8 Å². The van der Waals surface area contributed by atoms with Gasteiger partial charge in [-0.3, -0.25) is 18.9 Å². The topological polar surface area (TPSA) is 292 Å². The van der Waals surface area contributed by atoms with E-state index < -0.39 is 82.4 Å². The van der Waals surface area contributed by atoms with Crippen molar-refractivity contribution in [3.8, 4) is 0 Å². The molecule has 0 spiro atoms. The number of aliphatic hydroxyl groups excluding tert-OH is 1. The molecule has 3 aliphatic heterocycles. The summed E-state index contributed by atoms with van der Waals surface area (Å²) < 4.78 is 63.6. The Balaban J connectivity index is 1.15. The predicted molar refractivity (Wildman–Crippen MR) is 157 cm³/mol. The van der Waals surface area contributed by atoms with E-state index >= 15 is 0 Å². The average molecular weight is 720 g/mol. The number of anilines is 2. The van der Waals surface area contributed by atoms with E-state index in [4.69, 9.17) is 51.1 Å². The largest absolute Gasteiger partial charge is 0.695 e. The van der Waals surface area contributed by atoms with Gasteiger partial charge in [0.2, 0.25) is 5.95 Å². The summed E-state index contributed by atoms with van der Waals surface area (Å²) in [7, 11) is -3.15. The predicted octanol–water partition coefficient (Wildman–Crippen LogP) is -0.937. The zero-order valence-corrected chi connectivity index (χ0v) is 26.3. The van der Waals surface area contributed by atoms with Gasteiger partial charge < -0.3 is 44.7 Å². The second-order valence-corrected chi connectivity index (χ2v) is 14.5. The van der Waals surface area contributed by atoms with E-state index in [9.17, 15) is 28.6 Å².